The molecule has 0 saturated carbocycles. The van der Waals surface area contributed by atoms with E-state index in [0.717, 1.165) is 0 Å². The van der Waals surface area contributed by atoms with Crippen LogP contribution in [0.4, 0.5) is 17.1 Å². The van der Waals surface area contributed by atoms with E-state index in [1.165, 1.54) is 24.3 Å². The van der Waals surface area contributed by atoms with Gasteiger partial charge in [-0.05, 0) is 36.4 Å². The lowest BCUT2D eigenvalue weighted by Gasteiger charge is -2.11. The molecule has 6 heteroatoms. The molecule has 0 unspecified atom stereocenters. The lowest BCUT2D eigenvalue weighted by Crippen LogP contribution is -2.11. The van der Waals surface area contributed by atoms with E-state index >= 15 is 0 Å². The first kappa shape index (κ1) is 13.4. The van der Waals surface area contributed by atoms with Crippen LogP contribution < -0.4 is 16.8 Å². The number of carbonyl (C=O) groups excluding carboxylic acids is 1. The molecule has 0 bridgehead atoms. The molecule has 0 fully saturated rings. The lowest BCUT2D eigenvalue weighted by molar-refractivity contribution is 0.0697. The number of nitrogens with one attached hydrogen (secondary N) is 1. The van der Waals surface area contributed by atoms with Gasteiger partial charge in [0.15, 0.2) is 0 Å². The first-order valence-electron chi connectivity index (χ1n) is 5.77. The van der Waals surface area contributed by atoms with Gasteiger partial charge in [-0.1, -0.05) is 6.07 Å². The summed E-state index contributed by atoms with van der Waals surface area (Å²) in [5.74, 6) is -1.63. The van der Waals surface area contributed by atoms with Crippen LogP contribution >= 0.6 is 0 Å². The second kappa shape index (κ2) is 5.31. The van der Waals surface area contributed by atoms with E-state index in [-0.39, 0.29) is 5.56 Å². The van der Waals surface area contributed by atoms with Crippen molar-refractivity contribution in [3.8, 4) is 0 Å². The molecule has 2 aromatic rings. The zero-order valence-electron chi connectivity index (χ0n) is 10.5. The van der Waals surface area contributed by atoms with Crippen LogP contribution in [-0.4, -0.2) is 17.0 Å². The number of carboxylic acids is 1. The monoisotopic (exact) mass is 271 g/mol. The number of amides is 1. The van der Waals surface area contributed by atoms with Gasteiger partial charge in [-0.2, -0.15) is 0 Å². The molecule has 102 valence electrons. The number of hydrogen-bond donors (Lipinski definition) is 4. The number of primary amides is 1. The highest BCUT2D eigenvalue weighted by molar-refractivity contribution is 5.97. The van der Waals surface area contributed by atoms with Gasteiger partial charge < -0.3 is 21.9 Å². The van der Waals surface area contributed by atoms with E-state index in [4.69, 9.17) is 16.6 Å². The summed E-state index contributed by atoms with van der Waals surface area (Å²) in [4.78, 5) is 22.3. The van der Waals surface area contributed by atoms with Gasteiger partial charge in [0.1, 0.15) is 0 Å². The second-order valence-corrected chi connectivity index (χ2v) is 4.18. The standard InChI is InChI=1S/C14H13N3O3/c15-9-4-5-11(14(19)20)12(7-9)17-10-3-1-2-8(6-10)13(16)18/h1-7,17H,15H2,(H2,16,18)(H,19,20). The maximum Gasteiger partial charge on any atom is 0.337 e. The summed E-state index contributed by atoms with van der Waals surface area (Å²) in [5.41, 5.74) is 12.6. The van der Waals surface area contributed by atoms with Crippen LogP contribution in [0.1, 0.15) is 20.7 Å². The molecule has 0 saturated heterocycles. The number of aromatic carboxylic acids is 1. The summed E-state index contributed by atoms with van der Waals surface area (Å²) < 4.78 is 0. The van der Waals surface area contributed by atoms with Crippen molar-refractivity contribution < 1.29 is 14.7 Å². The molecule has 20 heavy (non-hydrogen) atoms. The number of anilines is 3. The van der Waals surface area contributed by atoms with Crippen molar-refractivity contribution in [2.75, 3.05) is 11.1 Å². The molecular weight excluding hydrogens is 258 g/mol. The molecule has 0 aromatic heterocycles. The van der Waals surface area contributed by atoms with Crippen LogP contribution in [0, 0.1) is 0 Å². The molecule has 0 aliphatic rings. The van der Waals surface area contributed by atoms with Crippen molar-refractivity contribution in [2.45, 2.75) is 0 Å². The number of nitrogen functional groups attached to an aromatic ring is 1. The summed E-state index contributed by atoms with van der Waals surface area (Å²) in [6, 6.07) is 10.9. The number of carboxylic acid groups (broad SMARTS) is 1. The number of hydrogen-bond acceptors (Lipinski definition) is 4. The fourth-order valence-electron chi connectivity index (χ4n) is 1.76. The van der Waals surface area contributed by atoms with Crippen molar-refractivity contribution >= 4 is 28.9 Å². The third-order valence-electron chi connectivity index (χ3n) is 2.70. The summed E-state index contributed by atoms with van der Waals surface area (Å²) in [6.07, 6.45) is 0. The Bertz CT molecular complexity index is 683. The van der Waals surface area contributed by atoms with Crippen LogP contribution in [0.3, 0.4) is 0 Å². The molecule has 6 N–H and O–H groups in total. The number of benzene rings is 2. The molecule has 0 aliphatic carbocycles. The Hall–Kier alpha value is -3.02. The van der Waals surface area contributed by atoms with Crippen LogP contribution in [0.5, 0.6) is 0 Å². The van der Waals surface area contributed by atoms with Gasteiger partial charge >= 0.3 is 5.97 Å². The minimum atomic E-state index is -1.07. The molecule has 2 aromatic carbocycles. The van der Waals surface area contributed by atoms with Gasteiger partial charge in [-0.15, -0.1) is 0 Å². The van der Waals surface area contributed by atoms with Gasteiger partial charge in [-0.25, -0.2) is 4.79 Å². The molecule has 2 rings (SSSR count). The molecule has 0 atom stereocenters. The highest BCUT2D eigenvalue weighted by Gasteiger charge is 2.11. The smallest absolute Gasteiger partial charge is 0.337 e. The fraction of sp³-hybridized carbons (Fsp3) is 0. The SMILES string of the molecule is NC(=O)c1cccc(Nc2cc(N)ccc2C(=O)O)c1. The van der Waals surface area contributed by atoms with Gasteiger partial charge in [-0.3, -0.25) is 4.79 Å². The van der Waals surface area contributed by atoms with Crippen LogP contribution in [0.15, 0.2) is 42.5 Å². The zero-order chi connectivity index (χ0) is 14.7. The third-order valence-corrected chi connectivity index (χ3v) is 2.70. The average molecular weight is 271 g/mol. The molecule has 0 aliphatic heterocycles. The quantitative estimate of drug-likeness (QED) is 0.632. The Morgan fingerprint density at radius 1 is 1.10 bits per heavy atom. The van der Waals surface area contributed by atoms with Crippen LogP contribution in [-0.2, 0) is 0 Å². The normalized spacial score (nSPS) is 10.0. The van der Waals surface area contributed by atoms with Crippen molar-refractivity contribution in [3.05, 3.63) is 53.6 Å². The zero-order valence-corrected chi connectivity index (χ0v) is 10.5. The number of rotatable bonds is 4. The maximum absolute atomic E-state index is 11.1. The summed E-state index contributed by atoms with van der Waals surface area (Å²) >= 11 is 0. The highest BCUT2D eigenvalue weighted by Crippen LogP contribution is 2.24. The Labute approximate surface area is 115 Å². The first-order valence-corrected chi connectivity index (χ1v) is 5.77. The number of nitrogens with two attached hydrogens (primary N) is 2. The van der Waals surface area contributed by atoms with E-state index < -0.39 is 11.9 Å². The molecule has 0 spiro atoms. The maximum atomic E-state index is 11.1. The van der Waals surface area contributed by atoms with Crippen molar-refractivity contribution in [3.63, 3.8) is 0 Å². The predicted molar refractivity (Wildman–Crippen MR) is 76.1 cm³/mol. The lowest BCUT2D eigenvalue weighted by atomic mass is 10.1. The van der Waals surface area contributed by atoms with E-state index in [1.807, 2.05) is 0 Å². The van der Waals surface area contributed by atoms with Crippen LogP contribution in [0.25, 0.3) is 0 Å². The molecule has 1 amide bonds. The summed E-state index contributed by atoms with van der Waals surface area (Å²) in [7, 11) is 0. The van der Waals surface area contributed by atoms with E-state index in [0.29, 0.717) is 22.6 Å². The first-order chi connectivity index (χ1) is 9.47. The highest BCUT2D eigenvalue weighted by atomic mass is 16.4. The summed E-state index contributed by atoms with van der Waals surface area (Å²) in [5, 5.41) is 12.0. The molecule has 0 heterocycles. The third kappa shape index (κ3) is 2.86. The Balaban J connectivity index is 2.39. The minimum absolute atomic E-state index is 0.0867. The van der Waals surface area contributed by atoms with Gasteiger partial charge in [0.25, 0.3) is 0 Å². The summed E-state index contributed by atoms with van der Waals surface area (Å²) in [6.45, 7) is 0. The van der Waals surface area contributed by atoms with Crippen molar-refractivity contribution in [2.24, 2.45) is 5.73 Å². The average Bonchev–Trinajstić information content (AvgIpc) is 2.38. The number of carbonyl (C=O) groups is 2. The Morgan fingerprint density at radius 3 is 2.50 bits per heavy atom. The van der Waals surface area contributed by atoms with Crippen LogP contribution in [0.2, 0.25) is 0 Å². The Kier molecular flexibility index (Phi) is 3.56. The molecule has 0 radical (unpaired) electrons. The second-order valence-electron chi connectivity index (χ2n) is 4.18. The van der Waals surface area contributed by atoms with E-state index in [1.54, 1.807) is 18.2 Å². The topological polar surface area (TPSA) is 118 Å². The van der Waals surface area contributed by atoms with Gasteiger partial charge in [0.05, 0.1) is 11.3 Å². The largest absolute Gasteiger partial charge is 0.478 e. The van der Waals surface area contributed by atoms with E-state index in [9.17, 15) is 9.59 Å². The molecular formula is C14H13N3O3. The van der Waals surface area contributed by atoms with Crippen molar-refractivity contribution in [1.82, 2.24) is 0 Å². The van der Waals surface area contributed by atoms with E-state index in [2.05, 4.69) is 5.32 Å². The fourth-order valence-corrected chi connectivity index (χ4v) is 1.76. The molecule has 6 nitrogen and oxygen atoms in total. The predicted octanol–water partition coefficient (Wildman–Crippen LogP) is 1.81. The minimum Gasteiger partial charge on any atom is -0.478 e. The van der Waals surface area contributed by atoms with Gasteiger partial charge in [0, 0.05) is 16.9 Å². The van der Waals surface area contributed by atoms with Gasteiger partial charge in [0.2, 0.25) is 5.91 Å². The Morgan fingerprint density at radius 2 is 1.85 bits per heavy atom. The van der Waals surface area contributed by atoms with Crippen molar-refractivity contribution in [1.29, 1.82) is 0 Å².